The number of fused-ring (bicyclic) bond motifs is 1. The molecule has 3 nitrogen and oxygen atoms in total. The van der Waals surface area contributed by atoms with Crippen LogP contribution in [0.15, 0.2) is 42.6 Å². The van der Waals surface area contributed by atoms with E-state index in [4.69, 9.17) is 0 Å². The third kappa shape index (κ3) is 2.18. The van der Waals surface area contributed by atoms with Crippen molar-refractivity contribution in [1.82, 2.24) is 9.78 Å². The number of hydrogen-bond acceptors (Lipinski definition) is 2. The fraction of sp³-hybridized carbons (Fsp3) is 0.308. The second-order valence-corrected chi connectivity index (χ2v) is 4.56. The molecule has 1 aromatic heterocycles. The quantitative estimate of drug-likeness (QED) is 0.856. The Bertz CT molecular complexity index is 562. The monoisotopic (exact) mass is 267 g/mol. The summed E-state index contributed by atoms with van der Waals surface area (Å²) in [6.07, 6.45) is -2.97. The number of aromatic nitrogens is 2. The zero-order chi connectivity index (χ0) is 13.5. The van der Waals surface area contributed by atoms with Gasteiger partial charge in [0.25, 0.3) is 0 Å². The van der Waals surface area contributed by atoms with E-state index in [0.717, 1.165) is 10.2 Å². The lowest BCUT2D eigenvalue weighted by Gasteiger charge is -2.33. The Morgan fingerprint density at radius 1 is 1.16 bits per heavy atom. The Morgan fingerprint density at radius 3 is 2.58 bits per heavy atom. The van der Waals surface area contributed by atoms with Crippen molar-refractivity contribution in [1.29, 1.82) is 0 Å². The molecule has 1 aromatic carbocycles. The maximum absolute atomic E-state index is 13.1. The normalized spacial score (nSPS) is 22.7. The minimum absolute atomic E-state index is 0.0534. The van der Waals surface area contributed by atoms with E-state index in [0.29, 0.717) is 5.82 Å². The van der Waals surface area contributed by atoms with Gasteiger partial charge in [-0.3, -0.25) is 0 Å². The SMILES string of the molecule is FC(F)(F)[C@H]1C[C@@H](c2ccccc2)Nc2ccnn21. The van der Waals surface area contributed by atoms with Crippen molar-refractivity contribution >= 4 is 5.82 Å². The highest BCUT2D eigenvalue weighted by Gasteiger charge is 2.46. The topological polar surface area (TPSA) is 29.9 Å². The minimum Gasteiger partial charge on any atom is -0.363 e. The number of nitrogens with one attached hydrogen (secondary N) is 1. The van der Waals surface area contributed by atoms with Crippen molar-refractivity contribution in [2.75, 3.05) is 5.32 Å². The predicted octanol–water partition coefficient (Wildman–Crippen LogP) is 3.54. The second kappa shape index (κ2) is 4.29. The van der Waals surface area contributed by atoms with Gasteiger partial charge in [-0.1, -0.05) is 30.3 Å². The summed E-state index contributed by atoms with van der Waals surface area (Å²) in [4.78, 5) is 0. The molecule has 100 valence electrons. The van der Waals surface area contributed by atoms with E-state index in [1.807, 2.05) is 30.3 Å². The molecule has 0 radical (unpaired) electrons. The van der Waals surface area contributed by atoms with Gasteiger partial charge in [-0.15, -0.1) is 0 Å². The largest absolute Gasteiger partial charge is 0.410 e. The third-order valence-electron chi connectivity index (χ3n) is 3.33. The Labute approximate surface area is 108 Å². The van der Waals surface area contributed by atoms with Crippen LogP contribution in [0.25, 0.3) is 0 Å². The molecule has 0 saturated carbocycles. The number of anilines is 1. The number of halogens is 3. The maximum Gasteiger partial charge on any atom is 0.410 e. The molecule has 2 aromatic rings. The Balaban J connectivity index is 1.97. The van der Waals surface area contributed by atoms with Crippen LogP contribution in [0.3, 0.4) is 0 Å². The van der Waals surface area contributed by atoms with Gasteiger partial charge in [-0.2, -0.15) is 18.3 Å². The second-order valence-electron chi connectivity index (χ2n) is 4.56. The van der Waals surface area contributed by atoms with E-state index in [1.54, 1.807) is 6.07 Å². The van der Waals surface area contributed by atoms with E-state index < -0.39 is 12.2 Å². The first-order chi connectivity index (χ1) is 9.05. The highest BCUT2D eigenvalue weighted by atomic mass is 19.4. The number of nitrogens with zero attached hydrogens (tertiary/aromatic N) is 2. The fourth-order valence-electron chi connectivity index (χ4n) is 2.41. The molecule has 0 saturated heterocycles. The van der Waals surface area contributed by atoms with Gasteiger partial charge in [0.05, 0.1) is 12.2 Å². The molecule has 0 fully saturated rings. The summed E-state index contributed by atoms with van der Waals surface area (Å²) in [6, 6.07) is 8.79. The highest BCUT2D eigenvalue weighted by Crippen LogP contribution is 2.42. The van der Waals surface area contributed by atoms with E-state index in [2.05, 4.69) is 10.4 Å². The smallest absolute Gasteiger partial charge is 0.363 e. The summed E-state index contributed by atoms with van der Waals surface area (Å²) in [6.45, 7) is 0. The number of alkyl halides is 3. The molecule has 0 aliphatic carbocycles. The molecule has 1 N–H and O–H groups in total. The summed E-state index contributed by atoms with van der Waals surface area (Å²) in [5.74, 6) is 0.405. The van der Waals surface area contributed by atoms with Gasteiger partial charge in [0.2, 0.25) is 0 Å². The van der Waals surface area contributed by atoms with Gasteiger partial charge in [-0.25, -0.2) is 4.68 Å². The van der Waals surface area contributed by atoms with Crippen LogP contribution in [0.1, 0.15) is 24.1 Å². The highest BCUT2D eigenvalue weighted by molar-refractivity contribution is 5.41. The third-order valence-corrected chi connectivity index (χ3v) is 3.33. The van der Waals surface area contributed by atoms with Crippen LogP contribution in [0, 0.1) is 0 Å². The van der Waals surface area contributed by atoms with Crippen molar-refractivity contribution in [3.8, 4) is 0 Å². The number of rotatable bonds is 1. The van der Waals surface area contributed by atoms with Crippen LogP contribution >= 0.6 is 0 Å². The average molecular weight is 267 g/mol. The van der Waals surface area contributed by atoms with Crippen LogP contribution in [0.5, 0.6) is 0 Å². The first-order valence-corrected chi connectivity index (χ1v) is 5.97. The van der Waals surface area contributed by atoms with Gasteiger partial charge < -0.3 is 5.32 Å². The van der Waals surface area contributed by atoms with Gasteiger partial charge >= 0.3 is 6.18 Å². The van der Waals surface area contributed by atoms with Gasteiger partial charge in [0, 0.05) is 12.5 Å². The minimum atomic E-state index is -4.30. The molecule has 6 heteroatoms. The van der Waals surface area contributed by atoms with Crippen molar-refractivity contribution < 1.29 is 13.2 Å². The van der Waals surface area contributed by atoms with E-state index in [9.17, 15) is 13.2 Å². The van der Waals surface area contributed by atoms with Crippen molar-refractivity contribution in [2.24, 2.45) is 0 Å². The molecule has 0 unspecified atom stereocenters. The lowest BCUT2D eigenvalue weighted by molar-refractivity contribution is -0.173. The summed E-state index contributed by atoms with van der Waals surface area (Å²) in [5.41, 5.74) is 0.851. The van der Waals surface area contributed by atoms with Crippen LogP contribution in [-0.2, 0) is 0 Å². The summed E-state index contributed by atoms with van der Waals surface area (Å²) >= 11 is 0. The van der Waals surface area contributed by atoms with Crippen LogP contribution in [0.2, 0.25) is 0 Å². The Kier molecular flexibility index (Phi) is 2.73. The molecule has 0 bridgehead atoms. The standard InChI is InChI=1S/C13H12F3N3/c14-13(15,16)11-8-10(9-4-2-1-3-5-9)18-12-6-7-17-19(11)12/h1-7,10-11,18H,8H2/t10-,11+/m0/s1. The number of hydrogen-bond donors (Lipinski definition) is 1. The Hall–Kier alpha value is -1.98. The molecule has 0 amide bonds. The molecule has 19 heavy (non-hydrogen) atoms. The molecule has 1 aliphatic rings. The van der Waals surface area contributed by atoms with E-state index >= 15 is 0 Å². The number of benzene rings is 1. The molecule has 1 aliphatic heterocycles. The van der Waals surface area contributed by atoms with E-state index in [1.165, 1.54) is 6.20 Å². The lowest BCUT2D eigenvalue weighted by Crippen LogP contribution is -2.35. The molecule has 2 atom stereocenters. The fourth-order valence-corrected chi connectivity index (χ4v) is 2.41. The van der Waals surface area contributed by atoms with Crippen molar-refractivity contribution in [3.63, 3.8) is 0 Å². The first kappa shape index (κ1) is 12.1. The van der Waals surface area contributed by atoms with Crippen LogP contribution in [0.4, 0.5) is 19.0 Å². The maximum atomic E-state index is 13.1. The van der Waals surface area contributed by atoms with Crippen LogP contribution in [-0.4, -0.2) is 16.0 Å². The summed E-state index contributed by atoms with van der Waals surface area (Å²) in [7, 11) is 0. The summed E-state index contributed by atoms with van der Waals surface area (Å²) < 4.78 is 40.3. The Morgan fingerprint density at radius 2 is 1.89 bits per heavy atom. The molecule has 0 spiro atoms. The zero-order valence-electron chi connectivity index (χ0n) is 9.93. The van der Waals surface area contributed by atoms with Gasteiger partial charge in [-0.05, 0) is 5.56 Å². The average Bonchev–Trinajstić information content (AvgIpc) is 2.85. The van der Waals surface area contributed by atoms with Crippen molar-refractivity contribution in [3.05, 3.63) is 48.2 Å². The van der Waals surface area contributed by atoms with E-state index in [-0.39, 0.29) is 12.5 Å². The first-order valence-electron chi connectivity index (χ1n) is 5.97. The molecule has 3 rings (SSSR count). The van der Waals surface area contributed by atoms with Gasteiger partial charge in [0.1, 0.15) is 5.82 Å². The lowest BCUT2D eigenvalue weighted by atomic mass is 9.97. The molecular formula is C13H12F3N3. The predicted molar refractivity (Wildman–Crippen MR) is 64.7 cm³/mol. The molecular weight excluding hydrogens is 255 g/mol. The van der Waals surface area contributed by atoms with Crippen LogP contribution < -0.4 is 5.32 Å². The summed E-state index contributed by atoms with van der Waals surface area (Å²) in [5, 5.41) is 6.86. The zero-order valence-corrected chi connectivity index (χ0v) is 9.93. The molecule has 2 heterocycles. The van der Waals surface area contributed by atoms with Gasteiger partial charge in [0.15, 0.2) is 6.04 Å². The van der Waals surface area contributed by atoms with Crippen molar-refractivity contribution in [2.45, 2.75) is 24.7 Å².